The van der Waals surface area contributed by atoms with Gasteiger partial charge in [0.1, 0.15) is 24.6 Å². The van der Waals surface area contributed by atoms with E-state index in [0.29, 0.717) is 83.7 Å². The number of hydrogen-bond acceptors (Lipinski definition) is 17. The maximum absolute atomic E-state index is 15.0. The molecule has 3 aliphatic heterocycles. The van der Waals surface area contributed by atoms with E-state index in [1.54, 1.807) is 48.0 Å². The lowest BCUT2D eigenvalue weighted by Gasteiger charge is -2.41. The summed E-state index contributed by atoms with van der Waals surface area (Å²) in [6, 6.07) is 12.0. The lowest BCUT2D eigenvalue weighted by molar-refractivity contribution is -0.148. The van der Waals surface area contributed by atoms with E-state index in [9.17, 15) is 43.5 Å². The van der Waals surface area contributed by atoms with E-state index in [2.05, 4.69) is 28.2 Å². The van der Waals surface area contributed by atoms with Gasteiger partial charge in [0.2, 0.25) is 41.4 Å². The third kappa shape index (κ3) is 21.6. The highest BCUT2D eigenvalue weighted by Crippen LogP contribution is 2.48. The molecule has 3 fully saturated rings. The van der Waals surface area contributed by atoms with E-state index in [4.69, 9.17) is 33.5 Å². The zero-order chi connectivity index (χ0) is 67.6. The molecule has 2 saturated heterocycles. The molecule has 1 saturated carbocycles. The summed E-state index contributed by atoms with van der Waals surface area (Å²) in [4.78, 5) is 117. The number of aldehydes is 1. The van der Waals surface area contributed by atoms with Gasteiger partial charge in [0.05, 0.1) is 108 Å². The molecular weight excluding hydrogens is 1200 g/mol. The van der Waals surface area contributed by atoms with Crippen molar-refractivity contribution in [1.82, 2.24) is 35.6 Å². The first-order chi connectivity index (χ1) is 44.8. The van der Waals surface area contributed by atoms with Gasteiger partial charge in [-0.3, -0.25) is 38.5 Å². The quantitative estimate of drug-likeness (QED) is 0.0404. The number of amides is 7. The number of anilines is 1. The van der Waals surface area contributed by atoms with Crippen LogP contribution in [0, 0.1) is 29.6 Å². The van der Waals surface area contributed by atoms with Crippen LogP contribution in [0.5, 0.6) is 0 Å². The predicted octanol–water partition coefficient (Wildman–Crippen LogP) is 4.03. The van der Waals surface area contributed by atoms with Crippen molar-refractivity contribution in [3.8, 4) is 0 Å². The summed E-state index contributed by atoms with van der Waals surface area (Å²) in [5, 5.41) is 30.7. The number of likely N-dealkylation sites (tertiary alicyclic amines) is 2. The van der Waals surface area contributed by atoms with Gasteiger partial charge in [0, 0.05) is 71.5 Å². The Morgan fingerprint density at radius 1 is 0.806 bits per heavy atom. The van der Waals surface area contributed by atoms with E-state index >= 15 is 0 Å². The third-order valence-corrected chi connectivity index (χ3v) is 19.1. The molecule has 2 bridgehead atoms. The maximum atomic E-state index is 15.0. The van der Waals surface area contributed by atoms with Crippen molar-refractivity contribution in [2.75, 3.05) is 99.1 Å². The first-order valence-corrected chi connectivity index (χ1v) is 33.5. The van der Waals surface area contributed by atoms with Crippen molar-refractivity contribution in [2.24, 2.45) is 29.6 Å². The molecule has 2 aromatic rings. The van der Waals surface area contributed by atoms with Crippen LogP contribution in [0.2, 0.25) is 0 Å². The summed E-state index contributed by atoms with van der Waals surface area (Å²) >= 11 is 0. The minimum absolute atomic E-state index is 0.0189. The summed E-state index contributed by atoms with van der Waals surface area (Å²) in [6.45, 7) is 15.0. The smallest absolute Gasteiger partial charge is 0.248 e. The Kier molecular flexibility index (Phi) is 31.8. The summed E-state index contributed by atoms with van der Waals surface area (Å²) in [5.74, 6) is -3.29. The van der Waals surface area contributed by atoms with E-state index in [1.165, 1.54) is 31.3 Å². The van der Waals surface area contributed by atoms with Crippen LogP contribution in [0.1, 0.15) is 117 Å². The van der Waals surface area contributed by atoms with Gasteiger partial charge in [-0.15, -0.1) is 0 Å². The van der Waals surface area contributed by atoms with E-state index in [0.717, 1.165) is 36.7 Å². The van der Waals surface area contributed by atoms with Crippen LogP contribution in [0.25, 0.3) is 0 Å². The number of nitrogens with zero attached hydrogens (tertiary/aromatic N) is 4. The molecular formula is C69H106N8O16. The number of aliphatic hydroxyl groups excluding tert-OH is 2. The molecule has 0 aromatic heterocycles. The molecule has 6 rings (SSSR count). The Balaban J connectivity index is 1.04. The van der Waals surface area contributed by atoms with Crippen LogP contribution >= 0.6 is 0 Å². The molecule has 1 aliphatic carbocycles. The monoisotopic (exact) mass is 1300 g/mol. The van der Waals surface area contributed by atoms with E-state index in [1.807, 2.05) is 62.9 Å². The van der Waals surface area contributed by atoms with Gasteiger partial charge >= 0.3 is 0 Å². The van der Waals surface area contributed by atoms with Gasteiger partial charge in [-0.2, -0.15) is 0 Å². The van der Waals surface area contributed by atoms with Crippen molar-refractivity contribution in [3.05, 3.63) is 77.9 Å². The van der Waals surface area contributed by atoms with Gasteiger partial charge in [-0.05, 0) is 91.5 Å². The molecule has 2 aromatic carbocycles. The Labute approximate surface area is 549 Å². The van der Waals surface area contributed by atoms with Crippen LogP contribution in [-0.4, -0.2) is 232 Å². The van der Waals surface area contributed by atoms with Crippen molar-refractivity contribution in [1.29, 1.82) is 0 Å². The molecule has 6 N–H and O–H groups in total. The maximum Gasteiger partial charge on any atom is 0.248 e. The molecule has 0 spiro atoms. The molecule has 24 nitrogen and oxygen atoms in total. The molecule has 93 heavy (non-hydrogen) atoms. The number of rotatable bonds is 43. The zero-order valence-corrected chi connectivity index (χ0v) is 56.3. The second-order valence-corrected chi connectivity index (χ2v) is 25.5. The number of carbonyl (C=O) groups is 8. The van der Waals surface area contributed by atoms with Crippen LogP contribution in [-0.2, 0) is 79.7 Å². The lowest BCUT2D eigenvalue weighted by Crippen LogP contribution is -2.61. The highest BCUT2D eigenvalue weighted by atomic mass is 16.6. The molecule has 3 heterocycles. The highest BCUT2D eigenvalue weighted by Gasteiger charge is 2.56. The highest BCUT2D eigenvalue weighted by molar-refractivity contribution is 5.98. The Bertz CT molecular complexity index is 2710. The van der Waals surface area contributed by atoms with Crippen LogP contribution in [0.4, 0.5) is 5.69 Å². The number of unbranched alkanes of at least 4 members (excludes halogenated alkanes) is 2. The fourth-order valence-electron chi connectivity index (χ4n) is 13.7. The van der Waals surface area contributed by atoms with Gasteiger partial charge in [-0.25, -0.2) is 0 Å². The summed E-state index contributed by atoms with van der Waals surface area (Å²) in [5.41, 5.74) is 2.13. The SMILES string of the molecule is CC[C@H](C)[C@@H]([C@@H](CC(=O)N1CCC[C@H]1[C@H](OC)[C@@H](C)C(=O)N[C@@H](Cc1ccccc1)C(=O)Nc1ccc(CNC(=O)CCCCCN2C(=O)C=CC2O)cc1)OC)N(C)C(=O)[C@@H](NC(=O)[C@@H]1[C@H]2CC[C@@H]([C@H]2C)N1C(C=O)COCCOCCOCCOCCO)C(C)C. The minimum atomic E-state index is -0.997. The number of nitrogens with one attached hydrogen (secondary N) is 4. The number of likely N-dealkylation sites (N-methyl/N-ethyl adjacent to an activating group) is 1. The van der Waals surface area contributed by atoms with Gasteiger partial charge in [-0.1, -0.05) is 96.8 Å². The summed E-state index contributed by atoms with van der Waals surface area (Å²) in [7, 11) is 4.74. The average molecular weight is 1300 g/mol. The number of piperidine rings is 1. The molecule has 0 radical (unpaired) electrons. The van der Waals surface area contributed by atoms with Crippen molar-refractivity contribution >= 4 is 53.3 Å². The van der Waals surface area contributed by atoms with E-state index in [-0.39, 0.29) is 112 Å². The Morgan fingerprint density at radius 3 is 2.10 bits per heavy atom. The van der Waals surface area contributed by atoms with Crippen molar-refractivity contribution < 1.29 is 77.0 Å². The number of benzene rings is 2. The first kappa shape index (κ1) is 75.8. The largest absolute Gasteiger partial charge is 0.394 e. The summed E-state index contributed by atoms with van der Waals surface area (Å²) < 4.78 is 34.5. The Hall–Kier alpha value is -6.22. The number of fused-ring (bicyclic) bond motifs is 2. The second kappa shape index (κ2) is 39.0. The van der Waals surface area contributed by atoms with Crippen LogP contribution in [0.15, 0.2) is 66.7 Å². The molecule has 2 unspecified atom stereocenters. The van der Waals surface area contributed by atoms with E-state index < -0.39 is 72.4 Å². The number of ether oxygens (including phenoxy) is 6. The van der Waals surface area contributed by atoms with Crippen molar-refractivity contribution in [2.45, 2.75) is 179 Å². The molecule has 7 amide bonds. The van der Waals surface area contributed by atoms with Gasteiger partial charge < -0.3 is 79.4 Å². The number of hydrogen-bond donors (Lipinski definition) is 6. The topological polar surface area (TPSA) is 293 Å². The minimum Gasteiger partial charge on any atom is -0.394 e. The molecule has 4 aliphatic rings. The lowest BCUT2D eigenvalue weighted by atomic mass is 9.89. The Morgan fingerprint density at radius 2 is 1.48 bits per heavy atom. The molecule has 24 heteroatoms. The number of methoxy groups -OCH3 is 2. The van der Waals surface area contributed by atoms with Gasteiger partial charge in [0.15, 0.2) is 0 Å². The van der Waals surface area contributed by atoms with Crippen molar-refractivity contribution in [3.63, 3.8) is 0 Å². The first-order valence-electron chi connectivity index (χ1n) is 33.5. The standard InChI is InChI=1S/C69H106N8O16/c1-10-46(4)63(74(7)69(87)62(45(2)3)73-68(86)64-53-26-27-55(47(53)5)77(64)52(43-79)44-93-39-38-92-37-36-91-35-34-90-33-32-78)57(88-8)41-61(83)75-31-17-20-56(75)65(89-9)48(6)66(84)72-54(40-49-18-13-11-14-19-49)67(85)71-51-24-22-50(23-25-51)42-70-58(80)21-15-12-16-30-76-59(81)28-29-60(76)82/h11,13-14,18-19,22-25,28-29,43,45-48,52-57,59,62-65,78,81H,10,12,15-17,20-21,26-27,30-42,44H2,1-9H3,(H,70,80)(H,71,85)(H,72,84)(H,73,86)/t46-,47-,48+,52?,53-,54-,55-,56-,57+,59?,62-,63-,64-,65+/m0/s1. The third-order valence-electron chi connectivity index (χ3n) is 19.1. The fourth-order valence-corrected chi connectivity index (χ4v) is 13.7. The normalized spacial score (nSPS) is 22.0. The second-order valence-electron chi connectivity index (χ2n) is 25.5. The molecule has 518 valence electrons. The van der Waals surface area contributed by atoms with Crippen LogP contribution < -0.4 is 21.3 Å². The fraction of sp³-hybridized carbons (Fsp3) is 0.681. The van der Waals surface area contributed by atoms with Crippen LogP contribution in [0.3, 0.4) is 0 Å². The molecule has 14 atom stereocenters. The number of aliphatic hydroxyl groups is 2. The zero-order valence-electron chi connectivity index (χ0n) is 56.3. The average Bonchev–Trinajstić information content (AvgIpc) is 1.60. The van der Waals surface area contributed by atoms with Gasteiger partial charge in [0.25, 0.3) is 0 Å². The number of carbonyl (C=O) groups excluding carboxylic acids is 8. The summed E-state index contributed by atoms with van der Waals surface area (Å²) in [6.07, 6.45) is 7.17. The predicted molar refractivity (Wildman–Crippen MR) is 349 cm³/mol.